The summed E-state index contributed by atoms with van der Waals surface area (Å²) >= 11 is 1.88. The fraction of sp³-hybridized carbons (Fsp3) is 0.0943. The Kier molecular flexibility index (Phi) is 7.49. The summed E-state index contributed by atoms with van der Waals surface area (Å²) in [5.41, 5.74) is 11.7. The van der Waals surface area contributed by atoms with Gasteiger partial charge in [0.15, 0.2) is 0 Å². The van der Waals surface area contributed by atoms with Crippen molar-refractivity contribution in [1.82, 2.24) is 0 Å². The molecule has 0 nitrogen and oxygen atoms in total. The van der Waals surface area contributed by atoms with Crippen molar-refractivity contribution < 1.29 is 0 Å². The van der Waals surface area contributed by atoms with Crippen LogP contribution in [-0.4, -0.2) is 0 Å². The highest BCUT2D eigenvalue weighted by Gasteiger charge is 2.19. The van der Waals surface area contributed by atoms with E-state index in [0.717, 1.165) is 0 Å². The lowest BCUT2D eigenvalue weighted by atomic mass is 9.88. The molecule has 54 heavy (non-hydrogen) atoms. The Bertz CT molecular complexity index is 3010. The lowest BCUT2D eigenvalue weighted by Crippen LogP contribution is -1.95. The number of fused-ring (bicyclic) bond motifs is 9. The smallest absolute Gasteiger partial charge is 0.0361 e. The largest absolute Gasteiger partial charge is 0.135 e. The Morgan fingerprint density at radius 1 is 0.296 bits per heavy atom. The molecule has 0 atom stereocenters. The van der Waals surface area contributed by atoms with Gasteiger partial charge in [0, 0.05) is 20.2 Å². The molecule has 0 spiro atoms. The van der Waals surface area contributed by atoms with Gasteiger partial charge in [0.25, 0.3) is 0 Å². The molecule has 0 unspecified atom stereocenters. The highest BCUT2D eigenvalue weighted by atomic mass is 32.1. The molecule has 0 aliphatic heterocycles. The van der Waals surface area contributed by atoms with Crippen LogP contribution in [0.3, 0.4) is 0 Å². The third kappa shape index (κ3) is 5.34. The van der Waals surface area contributed by atoms with Gasteiger partial charge in [0.05, 0.1) is 0 Å². The molecule has 1 heterocycles. The van der Waals surface area contributed by atoms with Crippen LogP contribution in [0.4, 0.5) is 0 Å². The maximum atomic E-state index is 2.48. The maximum Gasteiger partial charge on any atom is 0.0361 e. The molecule has 256 valence electrons. The molecule has 1 aliphatic rings. The van der Waals surface area contributed by atoms with Crippen LogP contribution in [0.2, 0.25) is 0 Å². The monoisotopic (exact) mass is 706 g/mol. The van der Waals surface area contributed by atoms with E-state index in [0.29, 0.717) is 5.92 Å². The predicted molar refractivity (Wildman–Crippen MR) is 235 cm³/mol. The Balaban J connectivity index is 0.978. The Hall–Kier alpha value is -6.02. The minimum Gasteiger partial charge on any atom is -0.135 e. The van der Waals surface area contributed by atoms with Gasteiger partial charge in [0.1, 0.15) is 0 Å². The highest BCUT2D eigenvalue weighted by Crippen LogP contribution is 2.42. The third-order valence-electron chi connectivity index (χ3n) is 12.0. The van der Waals surface area contributed by atoms with Crippen LogP contribution in [0.25, 0.3) is 97.0 Å². The standard InChI is InChI=1S/C53H38S/c1-2-11-34(10-1)41-29-42(36-22-20-35(21-23-36)40-25-27-50-49-18-7-8-19-52(49)54-53(50)33-40)31-43(30-41)38-13-9-12-37(28-38)39-24-26-48-46-16-4-3-14-44(46)45-15-5-6-17-47(45)51(48)32-39/h3-9,12-34H,1-2,10-11H2. The first kappa shape index (κ1) is 31.5. The molecule has 0 N–H and O–H groups in total. The summed E-state index contributed by atoms with van der Waals surface area (Å²) < 4.78 is 2.70. The van der Waals surface area contributed by atoms with Gasteiger partial charge >= 0.3 is 0 Å². The quantitative estimate of drug-likeness (QED) is 0.156. The second-order valence-corrected chi connectivity index (χ2v) is 16.2. The zero-order chi connectivity index (χ0) is 35.6. The number of hydrogen-bond donors (Lipinski definition) is 0. The van der Waals surface area contributed by atoms with Gasteiger partial charge in [-0.25, -0.2) is 0 Å². The third-order valence-corrected chi connectivity index (χ3v) is 13.1. The molecule has 1 saturated carbocycles. The molecule has 9 aromatic carbocycles. The van der Waals surface area contributed by atoms with Gasteiger partial charge in [0.2, 0.25) is 0 Å². The van der Waals surface area contributed by atoms with Gasteiger partial charge < -0.3 is 0 Å². The van der Waals surface area contributed by atoms with Crippen LogP contribution in [0.1, 0.15) is 37.2 Å². The fourth-order valence-corrected chi connectivity index (χ4v) is 10.4. The van der Waals surface area contributed by atoms with E-state index in [4.69, 9.17) is 0 Å². The second kappa shape index (κ2) is 12.8. The second-order valence-electron chi connectivity index (χ2n) is 15.1. The van der Waals surface area contributed by atoms with E-state index in [1.54, 1.807) is 0 Å². The normalized spacial score (nSPS) is 13.6. The molecule has 1 fully saturated rings. The van der Waals surface area contributed by atoms with Crippen molar-refractivity contribution in [1.29, 1.82) is 0 Å². The van der Waals surface area contributed by atoms with Crippen molar-refractivity contribution in [2.45, 2.75) is 31.6 Å². The summed E-state index contributed by atoms with van der Waals surface area (Å²) in [7, 11) is 0. The van der Waals surface area contributed by atoms with E-state index in [1.165, 1.54) is 128 Å². The lowest BCUT2D eigenvalue weighted by molar-refractivity contribution is 0.724. The Morgan fingerprint density at radius 3 is 1.43 bits per heavy atom. The molecule has 1 heteroatoms. The van der Waals surface area contributed by atoms with Crippen LogP contribution in [0, 0.1) is 0 Å². The molecular formula is C53H38S. The maximum absolute atomic E-state index is 2.48. The van der Waals surface area contributed by atoms with Crippen LogP contribution in [0.15, 0.2) is 176 Å². The first-order valence-corrected chi connectivity index (χ1v) is 20.2. The molecule has 0 bridgehead atoms. The minimum atomic E-state index is 0.628. The lowest BCUT2D eigenvalue weighted by Gasteiger charge is -2.16. The summed E-state index contributed by atoms with van der Waals surface area (Å²) in [5, 5.41) is 10.6. The molecule has 10 aromatic rings. The van der Waals surface area contributed by atoms with Crippen molar-refractivity contribution in [3.05, 3.63) is 181 Å². The fourth-order valence-electron chi connectivity index (χ4n) is 9.21. The zero-order valence-corrected chi connectivity index (χ0v) is 30.9. The van der Waals surface area contributed by atoms with Gasteiger partial charge in [-0.15, -0.1) is 11.3 Å². The van der Waals surface area contributed by atoms with Gasteiger partial charge in [-0.2, -0.15) is 0 Å². The van der Waals surface area contributed by atoms with Crippen molar-refractivity contribution >= 4 is 63.8 Å². The molecular weight excluding hydrogens is 669 g/mol. The van der Waals surface area contributed by atoms with E-state index < -0.39 is 0 Å². The molecule has 11 rings (SSSR count). The number of rotatable bonds is 5. The number of thiophene rings is 1. The van der Waals surface area contributed by atoms with Gasteiger partial charge in [-0.1, -0.05) is 158 Å². The molecule has 0 radical (unpaired) electrons. The molecule has 0 saturated heterocycles. The molecule has 1 aromatic heterocycles. The highest BCUT2D eigenvalue weighted by molar-refractivity contribution is 7.25. The van der Waals surface area contributed by atoms with E-state index in [-0.39, 0.29) is 0 Å². The zero-order valence-electron chi connectivity index (χ0n) is 30.1. The SMILES string of the molecule is c1cc(-c2cc(-c3ccc(-c4ccc5c(c4)sc4ccccc45)cc3)cc(C3CCCC3)c2)cc(-c2ccc3c4ccccc4c4ccccc4c3c2)c1. The van der Waals surface area contributed by atoms with E-state index in [2.05, 4.69) is 176 Å². The summed E-state index contributed by atoms with van der Waals surface area (Å²) in [6.45, 7) is 0. The first-order chi connectivity index (χ1) is 26.7. The molecule has 1 aliphatic carbocycles. The Labute approximate surface area is 320 Å². The van der Waals surface area contributed by atoms with Crippen molar-refractivity contribution in [2.75, 3.05) is 0 Å². The summed E-state index contributed by atoms with van der Waals surface area (Å²) in [4.78, 5) is 0. The van der Waals surface area contributed by atoms with Crippen LogP contribution in [0.5, 0.6) is 0 Å². The van der Waals surface area contributed by atoms with Gasteiger partial charge in [-0.3, -0.25) is 0 Å². The number of benzene rings is 9. The van der Waals surface area contributed by atoms with Crippen LogP contribution in [-0.2, 0) is 0 Å². The topological polar surface area (TPSA) is 0 Å². The summed E-state index contributed by atoms with van der Waals surface area (Å²) in [6, 6.07) is 66.2. The van der Waals surface area contributed by atoms with Crippen LogP contribution >= 0.6 is 11.3 Å². The van der Waals surface area contributed by atoms with Crippen molar-refractivity contribution in [3.8, 4) is 44.5 Å². The molecule has 0 amide bonds. The predicted octanol–water partition coefficient (Wildman–Crippen LogP) is 15.8. The first-order valence-electron chi connectivity index (χ1n) is 19.3. The van der Waals surface area contributed by atoms with Crippen LogP contribution < -0.4 is 0 Å². The number of hydrogen-bond acceptors (Lipinski definition) is 1. The van der Waals surface area contributed by atoms with Crippen molar-refractivity contribution in [2.24, 2.45) is 0 Å². The summed E-state index contributed by atoms with van der Waals surface area (Å²) in [5.74, 6) is 0.628. The Morgan fingerprint density at radius 2 is 0.741 bits per heavy atom. The van der Waals surface area contributed by atoms with E-state index in [1.807, 2.05) is 11.3 Å². The van der Waals surface area contributed by atoms with E-state index >= 15 is 0 Å². The summed E-state index contributed by atoms with van der Waals surface area (Å²) in [6.07, 6.45) is 5.21. The van der Waals surface area contributed by atoms with Crippen molar-refractivity contribution in [3.63, 3.8) is 0 Å². The average molecular weight is 707 g/mol. The van der Waals surface area contributed by atoms with Gasteiger partial charge in [-0.05, 0) is 131 Å². The average Bonchev–Trinajstić information content (AvgIpc) is 3.92. The minimum absolute atomic E-state index is 0.628. The van der Waals surface area contributed by atoms with E-state index in [9.17, 15) is 0 Å².